The van der Waals surface area contributed by atoms with Crippen molar-refractivity contribution in [2.45, 2.75) is 86.5 Å². The number of hydrogen-bond acceptors (Lipinski definition) is 0. The molecule has 0 heterocycles. The molecule has 3 aromatic carbocycles. The van der Waals surface area contributed by atoms with Crippen LogP contribution in [0, 0.1) is 16.9 Å². The van der Waals surface area contributed by atoms with Crippen molar-refractivity contribution in [2.24, 2.45) is 10.8 Å². The van der Waals surface area contributed by atoms with E-state index >= 15 is 0 Å². The van der Waals surface area contributed by atoms with E-state index in [9.17, 15) is 0 Å². The summed E-state index contributed by atoms with van der Waals surface area (Å²) in [5.74, 6) is 0. The summed E-state index contributed by atoms with van der Waals surface area (Å²) in [5, 5.41) is 0. The summed E-state index contributed by atoms with van der Waals surface area (Å²) in [6, 6.07) is 20.0. The Morgan fingerprint density at radius 1 is 0.725 bits per heavy atom. The van der Waals surface area contributed by atoms with Crippen LogP contribution >= 0.6 is 0 Å². The molecule has 0 spiro atoms. The van der Waals surface area contributed by atoms with Crippen LogP contribution in [0.1, 0.15) is 103 Å². The van der Waals surface area contributed by atoms with E-state index in [1.54, 1.807) is 0 Å². The van der Waals surface area contributed by atoms with E-state index in [-0.39, 0.29) is 46.5 Å². The molecule has 40 heavy (non-hydrogen) atoms. The fourth-order valence-electron chi connectivity index (χ4n) is 6.26. The average molecular weight is 651 g/mol. The van der Waals surface area contributed by atoms with Crippen molar-refractivity contribution >= 4 is 15.4 Å². The number of fused-ring (bicyclic) bond motifs is 5. The van der Waals surface area contributed by atoms with Crippen LogP contribution in [0.15, 0.2) is 60.7 Å². The zero-order valence-electron chi connectivity index (χ0n) is 25.9. The molecule has 0 aliphatic heterocycles. The summed E-state index contributed by atoms with van der Waals surface area (Å²) < 4.78 is 3.34. The van der Waals surface area contributed by atoms with E-state index in [0.29, 0.717) is 0 Å². The molecule has 6 rings (SSSR count). The fraction of sp³-hybridized carbons (Fsp3) is 0.405. The van der Waals surface area contributed by atoms with Crippen molar-refractivity contribution in [1.29, 1.82) is 0 Å². The van der Waals surface area contributed by atoms with Crippen molar-refractivity contribution in [3.05, 3.63) is 100 Å². The quantitative estimate of drug-likeness (QED) is 0.254. The van der Waals surface area contributed by atoms with Crippen molar-refractivity contribution in [3.63, 3.8) is 0 Å². The molecule has 0 nitrogen and oxygen atoms in total. The van der Waals surface area contributed by atoms with Gasteiger partial charge in [0.2, 0.25) is 0 Å². The van der Waals surface area contributed by atoms with Crippen LogP contribution in [-0.2, 0) is 41.5 Å². The summed E-state index contributed by atoms with van der Waals surface area (Å²) in [6.45, 7) is 23.3. The van der Waals surface area contributed by atoms with Crippen molar-refractivity contribution in [3.8, 4) is 11.1 Å². The number of benzene rings is 2. The van der Waals surface area contributed by atoms with E-state index in [4.69, 9.17) is 0 Å². The Labute approximate surface area is 271 Å². The predicted molar refractivity (Wildman–Crippen MR) is 163 cm³/mol. The van der Waals surface area contributed by atoms with Crippen LogP contribution in [-0.4, -0.2) is 4.21 Å². The second-order valence-electron chi connectivity index (χ2n) is 14.2. The van der Waals surface area contributed by atoms with Gasteiger partial charge in [0.05, 0.1) is 0 Å². The first-order valence-electron chi connectivity index (χ1n) is 13.9. The van der Waals surface area contributed by atoms with Gasteiger partial charge >= 0.3 is 28.4 Å². The van der Waals surface area contributed by atoms with Crippen molar-refractivity contribution in [1.82, 2.24) is 0 Å². The van der Waals surface area contributed by atoms with Gasteiger partial charge in [-0.1, -0.05) is 92.9 Å². The average Bonchev–Trinajstić information content (AvgIpc) is 3.59. The van der Waals surface area contributed by atoms with Crippen LogP contribution < -0.4 is 24.8 Å². The third kappa shape index (κ3) is 6.33. The second kappa shape index (κ2) is 12.1. The van der Waals surface area contributed by atoms with Crippen LogP contribution in [0.3, 0.4) is 0 Å². The molecule has 0 bridgehead atoms. The Hall–Kier alpha value is -1.40. The molecule has 3 aromatic rings. The summed E-state index contributed by atoms with van der Waals surface area (Å²) in [7, 11) is 0. The Balaban J connectivity index is 0.000000555. The number of halogens is 2. The van der Waals surface area contributed by atoms with Crippen LogP contribution in [0.2, 0.25) is 0 Å². The molecule has 0 N–H and O–H groups in total. The van der Waals surface area contributed by atoms with Gasteiger partial charge in [-0.05, 0) is 62.3 Å². The Bertz CT molecular complexity index is 1310. The molecule has 3 aliphatic rings. The molecule has 0 saturated heterocycles. The summed E-state index contributed by atoms with van der Waals surface area (Å²) >= 11 is 1.30. The number of rotatable bonds is 0. The standard InChI is InChI=1S/C31H37.C5H5.CH2.2ClH.Zr/c1-28(2,3)26-16-30(7,8)24-12-18-11-19-13-25-23(15-21(19)20(18)14-22(24)26)27(29(4,5)6)17-31(25,9)10;1-2-4-5-3-1;;;;/h12-16H,11H2,1-10H3;1-5H;1H2;2*1H;/q2*-1;;;;+2/p-2. The normalized spacial score (nSPS) is 16.7. The second-order valence-corrected chi connectivity index (χ2v) is 14.2. The molecule has 0 aromatic heterocycles. The van der Waals surface area contributed by atoms with Crippen molar-refractivity contribution in [2.75, 3.05) is 0 Å². The minimum atomic E-state index is -0.0202. The predicted octanol–water partition coefficient (Wildman–Crippen LogP) is 3.88. The SMILES string of the molecule is CC(C)(C)C1=[C-]C(C)(C)c2cc3c(cc21)-c1cc2c(cc1C3)C(C)(C)C=C2C(C)(C)C.[CH2]=[Zr+2].[Cl-].[Cl-].c1cc[cH-]c1. The third-order valence-corrected chi connectivity index (χ3v) is 8.14. The van der Waals surface area contributed by atoms with Gasteiger partial charge in [0.25, 0.3) is 0 Å². The molecule has 3 heteroatoms. The molecule has 0 unspecified atom stereocenters. The van der Waals surface area contributed by atoms with E-state index in [1.807, 2.05) is 30.3 Å². The minimum absolute atomic E-state index is 0. The van der Waals surface area contributed by atoms with Gasteiger partial charge < -0.3 is 24.8 Å². The van der Waals surface area contributed by atoms with Gasteiger partial charge in [-0.25, -0.2) is 17.7 Å². The summed E-state index contributed by atoms with van der Waals surface area (Å²) in [4.78, 5) is 0. The van der Waals surface area contributed by atoms with E-state index < -0.39 is 0 Å². The largest absolute Gasteiger partial charge is 1.00 e. The van der Waals surface area contributed by atoms with Crippen LogP contribution in [0.4, 0.5) is 0 Å². The topological polar surface area (TPSA) is 0 Å². The van der Waals surface area contributed by atoms with Gasteiger partial charge in [0.15, 0.2) is 0 Å². The minimum Gasteiger partial charge on any atom is -1.00 e. The zero-order chi connectivity index (χ0) is 28.3. The molecular formula is C37H44Cl2Zr-2. The molecular weight excluding hydrogens is 607 g/mol. The molecule has 0 saturated carbocycles. The number of hydrogen-bond donors (Lipinski definition) is 0. The van der Waals surface area contributed by atoms with Gasteiger partial charge in [-0.3, -0.25) is 6.08 Å². The molecule has 212 valence electrons. The number of allylic oxidation sites excluding steroid dienone is 4. The van der Waals surface area contributed by atoms with Gasteiger partial charge in [0, 0.05) is 5.41 Å². The molecule has 0 amide bonds. The maximum atomic E-state index is 3.85. The molecule has 0 fully saturated rings. The first-order valence-corrected chi connectivity index (χ1v) is 15.6. The third-order valence-electron chi connectivity index (χ3n) is 8.14. The first-order chi connectivity index (χ1) is 17.6. The van der Waals surface area contributed by atoms with Gasteiger partial charge in [0.1, 0.15) is 0 Å². The molecule has 0 atom stereocenters. The van der Waals surface area contributed by atoms with Crippen molar-refractivity contribution < 1.29 is 49.0 Å². The zero-order valence-corrected chi connectivity index (χ0v) is 29.9. The van der Waals surface area contributed by atoms with Crippen LogP contribution in [0.25, 0.3) is 22.3 Å². The smallest absolute Gasteiger partial charge is 0.172 e. The van der Waals surface area contributed by atoms with Gasteiger partial charge in [-0.2, -0.15) is 23.8 Å². The Morgan fingerprint density at radius 3 is 1.68 bits per heavy atom. The maximum absolute atomic E-state index is 3.85. The molecule has 0 radical (unpaired) electrons. The summed E-state index contributed by atoms with van der Waals surface area (Å²) in [6.07, 6.45) is 7.41. The summed E-state index contributed by atoms with van der Waals surface area (Å²) in [5.41, 5.74) is 14.9. The molecule has 3 aliphatic carbocycles. The van der Waals surface area contributed by atoms with E-state index in [2.05, 4.69) is 110 Å². The Kier molecular flexibility index (Phi) is 10.5. The van der Waals surface area contributed by atoms with E-state index in [0.717, 1.165) is 6.42 Å². The first kappa shape index (κ1) is 34.8. The van der Waals surface area contributed by atoms with Gasteiger partial charge in [-0.15, -0.1) is 11.6 Å². The van der Waals surface area contributed by atoms with E-state index in [1.165, 1.54) is 79.9 Å². The fourth-order valence-corrected chi connectivity index (χ4v) is 6.26. The maximum Gasteiger partial charge on any atom is -0.172 e. The van der Waals surface area contributed by atoms with Crippen LogP contribution in [0.5, 0.6) is 0 Å². The monoisotopic (exact) mass is 648 g/mol. The Morgan fingerprint density at radius 2 is 1.23 bits per heavy atom.